The van der Waals surface area contributed by atoms with Gasteiger partial charge in [0.25, 0.3) is 6.43 Å². The molecule has 0 saturated heterocycles. The van der Waals surface area contributed by atoms with Crippen molar-refractivity contribution in [3.63, 3.8) is 0 Å². The number of carbonyl (C=O) groups is 2. The van der Waals surface area contributed by atoms with Gasteiger partial charge in [-0.15, -0.1) is 0 Å². The van der Waals surface area contributed by atoms with Crippen molar-refractivity contribution in [3.8, 4) is 0 Å². The molecule has 0 saturated carbocycles. The van der Waals surface area contributed by atoms with Crippen molar-refractivity contribution in [1.82, 2.24) is 0 Å². The summed E-state index contributed by atoms with van der Waals surface area (Å²) in [7, 11) is 0. The Morgan fingerprint density at radius 3 is 2.33 bits per heavy atom. The smallest absolute Gasteiger partial charge is 0.307 e. The van der Waals surface area contributed by atoms with Crippen LogP contribution < -0.4 is 0 Å². The number of carboxylic acid groups (broad SMARTS) is 2. The molecule has 0 unspecified atom stereocenters. The van der Waals surface area contributed by atoms with E-state index in [-0.39, 0.29) is 24.0 Å². The van der Waals surface area contributed by atoms with Crippen molar-refractivity contribution in [1.29, 1.82) is 0 Å². The topological polar surface area (TPSA) is 74.6 Å². The normalized spacial score (nSPS) is 10.6. The zero-order valence-corrected chi connectivity index (χ0v) is 9.40. The minimum atomic E-state index is -2.77. The van der Waals surface area contributed by atoms with Crippen LogP contribution in [-0.4, -0.2) is 22.2 Å². The van der Waals surface area contributed by atoms with Crippen molar-refractivity contribution in [2.45, 2.75) is 25.7 Å². The molecular formula is C12H12F2O4. The van der Waals surface area contributed by atoms with Gasteiger partial charge in [-0.3, -0.25) is 9.59 Å². The van der Waals surface area contributed by atoms with Gasteiger partial charge in [0.15, 0.2) is 0 Å². The van der Waals surface area contributed by atoms with Gasteiger partial charge in [0, 0.05) is 12.0 Å². The molecule has 0 heterocycles. The minimum Gasteiger partial charge on any atom is -0.481 e. The maximum Gasteiger partial charge on any atom is 0.307 e. The molecule has 1 rings (SSSR count). The zero-order chi connectivity index (χ0) is 13.7. The third-order valence-electron chi connectivity index (χ3n) is 2.48. The van der Waals surface area contributed by atoms with Gasteiger partial charge >= 0.3 is 11.9 Å². The number of hydrogen-bond donors (Lipinski definition) is 2. The summed E-state index contributed by atoms with van der Waals surface area (Å²) in [6.45, 7) is 0. The zero-order valence-electron chi connectivity index (χ0n) is 9.40. The fourth-order valence-corrected chi connectivity index (χ4v) is 1.70. The number of aryl methyl sites for hydroxylation is 1. The molecule has 98 valence electrons. The summed E-state index contributed by atoms with van der Waals surface area (Å²) in [4.78, 5) is 21.1. The molecule has 0 aliphatic heterocycles. The minimum absolute atomic E-state index is 0.0150. The molecule has 2 N–H and O–H groups in total. The Bertz CT molecular complexity index is 457. The number of benzene rings is 1. The van der Waals surface area contributed by atoms with Crippen molar-refractivity contribution in [3.05, 3.63) is 34.9 Å². The Morgan fingerprint density at radius 1 is 1.17 bits per heavy atom. The van der Waals surface area contributed by atoms with E-state index in [2.05, 4.69) is 0 Å². The summed E-state index contributed by atoms with van der Waals surface area (Å²) < 4.78 is 25.5. The highest BCUT2D eigenvalue weighted by Crippen LogP contribution is 2.26. The number of aliphatic carboxylic acids is 2. The summed E-state index contributed by atoms with van der Waals surface area (Å²) in [5.74, 6) is -2.28. The number of rotatable bonds is 6. The molecule has 0 fully saturated rings. The van der Waals surface area contributed by atoms with Gasteiger partial charge in [0.1, 0.15) is 0 Å². The molecule has 0 bridgehead atoms. The summed E-state index contributed by atoms with van der Waals surface area (Å²) >= 11 is 0. The second kappa shape index (κ2) is 6.09. The van der Waals surface area contributed by atoms with E-state index >= 15 is 0 Å². The molecule has 0 amide bonds. The Labute approximate surface area is 102 Å². The van der Waals surface area contributed by atoms with Crippen LogP contribution in [0.4, 0.5) is 8.78 Å². The van der Waals surface area contributed by atoms with E-state index in [9.17, 15) is 18.4 Å². The SMILES string of the molecule is O=C(O)CCc1cccc(C(F)F)c1CC(=O)O. The number of halogens is 2. The predicted octanol–water partition coefficient (Wildman–Crippen LogP) is 2.27. The number of alkyl halides is 2. The lowest BCUT2D eigenvalue weighted by molar-refractivity contribution is -0.137. The highest BCUT2D eigenvalue weighted by molar-refractivity contribution is 5.72. The predicted molar refractivity (Wildman–Crippen MR) is 58.7 cm³/mol. The molecule has 0 aliphatic rings. The van der Waals surface area contributed by atoms with Crippen LogP contribution in [0.25, 0.3) is 0 Å². The lowest BCUT2D eigenvalue weighted by Crippen LogP contribution is -2.09. The van der Waals surface area contributed by atoms with Gasteiger partial charge in [0.05, 0.1) is 6.42 Å². The van der Waals surface area contributed by atoms with E-state index < -0.39 is 24.8 Å². The first kappa shape index (κ1) is 14.1. The van der Waals surface area contributed by atoms with Crippen LogP contribution in [0.2, 0.25) is 0 Å². The Morgan fingerprint density at radius 2 is 1.83 bits per heavy atom. The summed E-state index contributed by atoms with van der Waals surface area (Å²) in [5.41, 5.74) is 0.0131. The van der Waals surface area contributed by atoms with E-state index in [1.165, 1.54) is 12.1 Å². The summed E-state index contributed by atoms with van der Waals surface area (Å²) in [5, 5.41) is 17.3. The van der Waals surface area contributed by atoms with Gasteiger partial charge in [-0.1, -0.05) is 18.2 Å². The second-order valence-electron chi connectivity index (χ2n) is 3.75. The maximum atomic E-state index is 12.7. The molecule has 18 heavy (non-hydrogen) atoms. The van der Waals surface area contributed by atoms with Crippen molar-refractivity contribution < 1.29 is 28.6 Å². The van der Waals surface area contributed by atoms with Crippen molar-refractivity contribution >= 4 is 11.9 Å². The first-order chi connectivity index (χ1) is 8.41. The van der Waals surface area contributed by atoms with E-state index in [4.69, 9.17) is 10.2 Å². The third kappa shape index (κ3) is 3.80. The highest BCUT2D eigenvalue weighted by atomic mass is 19.3. The highest BCUT2D eigenvalue weighted by Gasteiger charge is 2.18. The van der Waals surface area contributed by atoms with Crippen molar-refractivity contribution in [2.75, 3.05) is 0 Å². The summed E-state index contributed by atoms with van der Waals surface area (Å²) in [6, 6.07) is 4.02. The van der Waals surface area contributed by atoms with Gasteiger partial charge in [0.2, 0.25) is 0 Å². The third-order valence-corrected chi connectivity index (χ3v) is 2.48. The molecule has 0 aliphatic carbocycles. The van der Waals surface area contributed by atoms with Crippen LogP contribution in [0.15, 0.2) is 18.2 Å². The van der Waals surface area contributed by atoms with Gasteiger partial charge in [-0.2, -0.15) is 0 Å². The fourth-order valence-electron chi connectivity index (χ4n) is 1.70. The molecular weight excluding hydrogens is 246 g/mol. The molecule has 1 aromatic carbocycles. The largest absolute Gasteiger partial charge is 0.481 e. The molecule has 4 nitrogen and oxygen atoms in total. The van der Waals surface area contributed by atoms with Crippen LogP contribution in [0, 0.1) is 0 Å². The second-order valence-corrected chi connectivity index (χ2v) is 3.75. The Kier molecular flexibility index (Phi) is 4.76. The maximum absolute atomic E-state index is 12.7. The van der Waals surface area contributed by atoms with Gasteiger partial charge in [-0.25, -0.2) is 8.78 Å². The van der Waals surface area contributed by atoms with E-state index in [1.54, 1.807) is 0 Å². The Balaban J connectivity index is 3.10. The Hall–Kier alpha value is -1.98. The van der Waals surface area contributed by atoms with E-state index in [0.717, 1.165) is 6.07 Å². The molecule has 0 atom stereocenters. The molecule has 0 spiro atoms. The van der Waals surface area contributed by atoms with Gasteiger partial charge < -0.3 is 10.2 Å². The van der Waals surface area contributed by atoms with E-state index in [0.29, 0.717) is 5.56 Å². The fraction of sp³-hybridized carbons (Fsp3) is 0.333. The first-order valence-corrected chi connectivity index (χ1v) is 5.24. The van der Waals surface area contributed by atoms with E-state index in [1.807, 2.05) is 0 Å². The molecule has 0 radical (unpaired) electrons. The molecule has 1 aromatic rings. The van der Waals surface area contributed by atoms with Crippen molar-refractivity contribution in [2.24, 2.45) is 0 Å². The molecule has 6 heteroatoms. The van der Waals surface area contributed by atoms with Crippen LogP contribution in [0.3, 0.4) is 0 Å². The van der Waals surface area contributed by atoms with Crippen LogP contribution in [0.1, 0.15) is 29.5 Å². The van der Waals surface area contributed by atoms with Crippen LogP contribution in [-0.2, 0) is 22.4 Å². The lowest BCUT2D eigenvalue weighted by atomic mass is 9.95. The monoisotopic (exact) mass is 258 g/mol. The average Bonchev–Trinajstić information content (AvgIpc) is 2.26. The first-order valence-electron chi connectivity index (χ1n) is 5.24. The number of hydrogen-bond acceptors (Lipinski definition) is 2. The lowest BCUT2D eigenvalue weighted by Gasteiger charge is -2.12. The number of carboxylic acids is 2. The standard InChI is InChI=1S/C12H12F2O4/c13-12(14)8-3-1-2-7(4-5-10(15)16)9(8)6-11(17)18/h1-3,12H,4-6H2,(H,15,16)(H,17,18). The van der Waals surface area contributed by atoms with Crippen LogP contribution >= 0.6 is 0 Å². The average molecular weight is 258 g/mol. The van der Waals surface area contributed by atoms with Gasteiger partial charge in [-0.05, 0) is 17.5 Å². The summed E-state index contributed by atoms with van der Waals surface area (Å²) in [6.07, 6.45) is -3.49. The quantitative estimate of drug-likeness (QED) is 0.820. The molecule has 0 aromatic heterocycles. The van der Waals surface area contributed by atoms with Crippen LogP contribution in [0.5, 0.6) is 0 Å².